The molecule has 1 aliphatic rings. The molecule has 0 bridgehead atoms. The minimum atomic E-state index is -1.48. The number of aliphatic hydroxyl groups excluding tert-OH is 1. The van der Waals surface area contributed by atoms with Crippen molar-refractivity contribution in [1.29, 1.82) is 0 Å². The number of hydrogen-bond donors (Lipinski definition) is 6. The largest absolute Gasteiger partial charge is 0.481 e. The van der Waals surface area contributed by atoms with Gasteiger partial charge in [-0.15, -0.1) is 0 Å². The lowest BCUT2D eigenvalue weighted by Crippen LogP contribution is -2.57. The Balaban J connectivity index is 2.87. The summed E-state index contributed by atoms with van der Waals surface area (Å²) in [5, 5.41) is 31.6. The standard InChI is InChI=1S/C18H30N4O8S/c1-31-8-6-11(20-15(26)10(19)4-5-14(24)25)17(28)22-7-2-3-13(22)16(27)21-12(9-23)18(29)30/h10-13,23H,2-9,19H2,1H3,(H,20,26)(H,21,27)(H,24,25)(H,29,30). The summed E-state index contributed by atoms with van der Waals surface area (Å²) in [6, 6.07) is -4.46. The maximum atomic E-state index is 13.1. The summed E-state index contributed by atoms with van der Waals surface area (Å²) in [6.45, 7) is -0.535. The Kier molecular flexibility index (Phi) is 11.3. The first-order chi connectivity index (χ1) is 14.6. The third-order valence-electron chi connectivity index (χ3n) is 4.87. The molecule has 31 heavy (non-hydrogen) atoms. The second kappa shape index (κ2) is 13.1. The highest BCUT2D eigenvalue weighted by molar-refractivity contribution is 7.98. The molecule has 1 fully saturated rings. The average molecular weight is 463 g/mol. The van der Waals surface area contributed by atoms with E-state index in [9.17, 15) is 24.0 Å². The lowest BCUT2D eigenvalue weighted by Gasteiger charge is -2.29. The fourth-order valence-electron chi connectivity index (χ4n) is 3.14. The van der Waals surface area contributed by atoms with E-state index >= 15 is 0 Å². The fraction of sp³-hybridized carbons (Fsp3) is 0.722. The monoisotopic (exact) mass is 462 g/mol. The number of aliphatic carboxylic acids is 2. The Labute approximate surface area is 183 Å². The summed E-state index contributed by atoms with van der Waals surface area (Å²) in [5.74, 6) is -3.80. The molecular weight excluding hydrogens is 432 g/mol. The van der Waals surface area contributed by atoms with Crippen molar-refractivity contribution in [1.82, 2.24) is 15.5 Å². The van der Waals surface area contributed by atoms with Gasteiger partial charge in [0.05, 0.1) is 12.6 Å². The van der Waals surface area contributed by atoms with Crippen LogP contribution in [-0.4, -0.2) is 99.2 Å². The predicted molar refractivity (Wildman–Crippen MR) is 111 cm³/mol. The molecule has 1 saturated heterocycles. The SMILES string of the molecule is CSCCC(NC(=O)C(N)CCC(=O)O)C(=O)N1CCCC1C(=O)NC(CO)C(=O)O. The van der Waals surface area contributed by atoms with Gasteiger partial charge in [-0.25, -0.2) is 4.79 Å². The van der Waals surface area contributed by atoms with E-state index in [1.54, 1.807) is 0 Å². The first kappa shape index (κ1) is 26.7. The van der Waals surface area contributed by atoms with Gasteiger partial charge in [0, 0.05) is 13.0 Å². The van der Waals surface area contributed by atoms with E-state index in [1.165, 1.54) is 16.7 Å². The molecule has 4 unspecified atom stereocenters. The Morgan fingerprint density at radius 2 is 1.81 bits per heavy atom. The van der Waals surface area contributed by atoms with Crippen LogP contribution in [0.3, 0.4) is 0 Å². The molecule has 0 spiro atoms. The van der Waals surface area contributed by atoms with Crippen molar-refractivity contribution in [2.75, 3.05) is 25.2 Å². The summed E-state index contributed by atoms with van der Waals surface area (Å²) >= 11 is 1.46. The quantitative estimate of drug-likeness (QED) is 0.177. The maximum absolute atomic E-state index is 13.1. The van der Waals surface area contributed by atoms with E-state index in [0.717, 1.165) is 0 Å². The van der Waals surface area contributed by atoms with Crippen LogP contribution in [0.4, 0.5) is 0 Å². The Hall–Kier alpha value is -2.38. The molecule has 1 heterocycles. The second-order valence-corrected chi connectivity index (χ2v) is 8.14. The number of rotatable bonds is 13. The number of aliphatic hydroxyl groups is 1. The van der Waals surface area contributed by atoms with Gasteiger partial charge in [0.1, 0.15) is 18.1 Å². The van der Waals surface area contributed by atoms with Gasteiger partial charge in [-0.3, -0.25) is 19.2 Å². The fourth-order valence-corrected chi connectivity index (χ4v) is 3.61. The van der Waals surface area contributed by atoms with Crippen LogP contribution in [0.5, 0.6) is 0 Å². The van der Waals surface area contributed by atoms with Gasteiger partial charge in [0.25, 0.3) is 0 Å². The molecular formula is C18H30N4O8S. The number of thioether (sulfide) groups is 1. The smallest absolute Gasteiger partial charge is 0.328 e. The zero-order valence-corrected chi connectivity index (χ0v) is 18.1. The van der Waals surface area contributed by atoms with E-state index in [0.29, 0.717) is 18.6 Å². The minimum absolute atomic E-state index is 0.0862. The van der Waals surface area contributed by atoms with Crippen molar-refractivity contribution in [2.24, 2.45) is 5.73 Å². The number of carboxylic acid groups (broad SMARTS) is 2. The lowest BCUT2D eigenvalue weighted by molar-refractivity contribution is -0.145. The van der Waals surface area contributed by atoms with Gasteiger partial charge in [-0.05, 0) is 37.7 Å². The number of carboxylic acids is 2. The number of carbonyl (C=O) groups excluding carboxylic acids is 3. The average Bonchev–Trinajstić information content (AvgIpc) is 3.21. The minimum Gasteiger partial charge on any atom is -0.481 e. The van der Waals surface area contributed by atoms with Crippen LogP contribution in [-0.2, 0) is 24.0 Å². The summed E-state index contributed by atoms with van der Waals surface area (Å²) in [5.41, 5.74) is 5.72. The first-order valence-electron chi connectivity index (χ1n) is 9.83. The van der Waals surface area contributed by atoms with Crippen LogP contribution in [0.25, 0.3) is 0 Å². The van der Waals surface area contributed by atoms with E-state index < -0.39 is 60.4 Å². The van der Waals surface area contributed by atoms with Gasteiger partial charge in [-0.1, -0.05) is 0 Å². The summed E-state index contributed by atoms with van der Waals surface area (Å²) in [7, 11) is 0. The number of carbonyl (C=O) groups is 5. The highest BCUT2D eigenvalue weighted by Crippen LogP contribution is 2.20. The molecule has 7 N–H and O–H groups in total. The number of nitrogens with two attached hydrogens (primary N) is 1. The maximum Gasteiger partial charge on any atom is 0.328 e. The lowest BCUT2D eigenvalue weighted by atomic mass is 10.1. The topological polar surface area (TPSA) is 199 Å². The number of nitrogens with one attached hydrogen (secondary N) is 2. The van der Waals surface area contributed by atoms with Crippen LogP contribution >= 0.6 is 11.8 Å². The van der Waals surface area contributed by atoms with E-state index in [-0.39, 0.29) is 25.8 Å². The van der Waals surface area contributed by atoms with Gasteiger partial charge < -0.3 is 36.6 Å². The highest BCUT2D eigenvalue weighted by Gasteiger charge is 2.38. The Bertz CT molecular complexity index is 677. The number of hydrogen-bond acceptors (Lipinski definition) is 8. The number of amides is 3. The predicted octanol–water partition coefficient (Wildman–Crippen LogP) is -2.03. The molecule has 1 aliphatic heterocycles. The van der Waals surface area contributed by atoms with Gasteiger partial charge in [0.2, 0.25) is 17.7 Å². The van der Waals surface area contributed by atoms with Crippen molar-refractivity contribution in [3.8, 4) is 0 Å². The van der Waals surface area contributed by atoms with Crippen LogP contribution in [0.15, 0.2) is 0 Å². The molecule has 12 nitrogen and oxygen atoms in total. The van der Waals surface area contributed by atoms with Crippen molar-refractivity contribution in [3.05, 3.63) is 0 Å². The zero-order chi connectivity index (χ0) is 23.6. The molecule has 0 aromatic carbocycles. The molecule has 176 valence electrons. The second-order valence-electron chi connectivity index (χ2n) is 7.15. The van der Waals surface area contributed by atoms with Gasteiger partial charge >= 0.3 is 11.9 Å². The molecule has 3 amide bonds. The molecule has 0 aliphatic carbocycles. The summed E-state index contributed by atoms with van der Waals surface area (Å²) in [4.78, 5) is 61.0. The number of nitrogens with zero attached hydrogens (tertiary/aromatic N) is 1. The van der Waals surface area contributed by atoms with E-state index in [4.69, 9.17) is 21.1 Å². The third kappa shape index (κ3) is 8.34. The van der Waals surface area contributed by atoms with Gasteiger partial charge in [-0.2, -0.15) is 11.8 Å². The molecule has 4 atom stereocenters. The number of likely N-dealkylation sites (tertiary alicyclic amines) is 1. The summed E-state index contributed by atoms with van der Waals surface area (Å²) < 4.78 is 0. The van der Waals surface area contributed by atoms with Crippen LogP contribution in [0.1, 0.15) is 32.1 Å². The van der Waals surface area contributed by atoms with Gasteiger partial charge in [0.15, 0.2) is 0 Å². The van der Waals surface area contributed by atoms with Crippen LogP contribution in [0.2, 0.25) is 0 Å². The van der Waals surface area contributed by atoms with Crippen molar-refractivity contribution in [3.63, 3.8) is 0 Å². The van der Waals surface area contributed by atoms with Crippen LogP contribution < -0.4 is 16.4 Å². The Morgan fingerprint density at radius 3 is 2.35 bits per heavy atom. The van der Waals surface area contributed by atoms with E-state index in [1.807, 2.05) is 6.26 Å². The molecule has 0 saturated carbocycles. The van der Waals surface area contributed by atoms with Crippen molar-refractivity contribution >= 4 is 41.4 Å². The highest BCUT2D eigenvalue weighted by atomic mass is 32.2. The molecule has 0 aromatic rings. The van der Waals surface area contributed by atoms with Crippen LogP contribution in [0, 0.1) is 0 Å². The van der Waals surface area contributed by atoms with Crippen molar-refractivity contribution < 1.29 is 39.3 Å². The summed E-state index contributed by atoms with van der Waals surface area (Å²) in [6.07, 6.45) is 2.56. The van der Waals surface area contributed by atoms with Crippen molar-refractivity contribution in [2.45, 2.75) is 56.3 Å². The zero-order valence-electron chi connectivity index (χ0n) is 17.3. The molecule has 13 heteroatoms. The molecule has 0 aromatic heterocycles. The normalized spacial score (nSPS) is 18.7. The first-order valence-corrected chi connectivity index (χ1v) is 11.2. The molecule has 0 radical (unpaired) electrons. The Morgan fingerprint density at radius 1 is 1.13 bits per heavy atom. The third-order valence-corrected chi connectivity index (χ3v) is 5.51. The molecule has 1 rings (SSSR count). The van der Waals surface area contributed by atoms with E-state index in [2.05, 4.69) is 10.6 Å².